The number of thiocarbonyl (C=S) groups is 1. The third-order valence-electron chi connectivity index (χ3n) is 4.37. The molecule has 0 aromatic heterocycles. The number of halogens is 1. The number of rotatable bonds is 6. The van der Waals surface area contributed by atoms with Gasteiger partial charge in [0, 0.05) is 16.9 Å². The fourth-order valence-electron chi connectivity index (χ4n) is 2.83. The van der Waals surface area contributed by atoms with Gasteiger partial charge in [-0.15, -0.1) is 0 Å². The maximum Gasteiger partial charge on any atom is 0.257 e. The van der Waals surface area contributed by atoms with Crippen LogP contribution in [0.2, 0.25) is 5.02 Å². The molecule has 2 amide bonds. The van der Waals surface area contributed by atoms with Crippen molar-refractivity contribution in [2.75, 3.05) is 24.9 Å². The van der Waals surface area contributed by atoms with Crippen LogP contribution in [-0.4, -0.2) is 31.1 Å². The van der Waals surface area contributed by atoms with Gasteiger partial charge < -0.3 is 20.1 Å². The first kappa shape index (κ1) is 23.1. The molecular weight excluding hydrogens is 450 g/mol. The summed E-state index contributed by atoms with van der Waals surface area (Å²) in [5.74, 6) is 0.199. The zero-order valence-corrected chi connectivity index (χ0v) is 18.8. The minimum absolute atomic E-state index is 0.0966. The van der Waals surface area contributed by atoms with E-state index >= 15 is 0 Å². The molecule has 0 atom stereocenters. The maximum absolute atomic E-state index is 12.5. The maximum atomic E-state index is 12.5. The summed E-state index contributed by atoms with van der Waals surface area (Å²) in [4.78, 5) is 25.0. The third-order valence-corrected chi connectivity index (χ3v) is 4.90. The van der Waals surface area contributed by atoms with E-state index in [-0.39, 0.29) is 11.0 Å². The molecular formula is C23H20ClN3O4S. The molecule has 3 rings (SSSR count). The van der Waals surface area contributed by atoms with Crippen LogP contribution in [-0.2, 0) is 0 Å². The Morgan fingerprint density at radius 3 is 2.19 bits per heavy atom. The number of benzene rings is 3. The van der Waals surface area contributed by atoms with Gasteiger partial charge in [0.25, 0.3) is 11.8 Å². The topological polar surface area (TPSA) is 88.7 Å². The second-order valence-corrected chi connectivity index (χ2v) is 7.31. The molecule has 7 nitrogen and oxygen atoms in total. The van der Waals surface area contributed by atoms with E-state index in [1.165, 1.54) is 14.2 Å². The van der Waals surface area contributed by atoms with Gasteiger partial charge in [-0.2, -0.15) is 0 Å². The van der Waals surface area contributed by atoms with Crippen LogP contribution in [0, 0.1) is 0 Å². The van der Waals surface area contributed by atoms with E-state index in [0.717, 1.165) is 0 Å². The molecule has 0 bridgehead atoms. The van der Waals surface area contributed by atoms with E-state index < -0.39 is 5.91 Å². The molecule has 32 heavy (non-hydrogen) atoms. The lowest BCUT2D eigenvalue weighted by atomic mass is 10.2. The summed E-state index contributed by atoms with van der Waals surface area (Å²) in [7, 11) is 3.00. The quantitative estimate of drug-likeness (QED) is 0.452. The van der Waals surface area contributed by atoms with Crippen molar-refractivity contribution >= 4 is 52.1 Å². The second-order valence-electron chi connectivity index (χ2n) is 6.49. The minimum Gasteiger partial charge on any atom is -0.493 e. The Kier molecular flexibility index (Phi) is 7.64. The second kappa shape index (κ2) is 10.6. The Morgan fingerprint density at radius 1 is 0.812 bits per heavy atom. The zero-order chi connectivity index (χ0) is 23.1. The van der Waals surface area contributed by atoms with Crippen LogP contribution in [0.3, 0.4) is 0 Å². The number of hydrogen-bond acceptors (Lipinski definition) is 5. The van der Waals surface area contributed by atoms with Gasteiger partial charge in [0.05, 0.1) is 24.8 Å². The fraction of sp³-hybridized carbons (Fsp3) is 0.0870. The van der Waals surface area contributed by atoms with Crippen molar-refractivity contribution in [3.8, 4) is 11.5 Å². The van der Waals surface area contributed by atoms with Gasteiger partial charge >= 0.3 is 0 Å². The highest BCUT2D eigenvalue weighted by Gasteiger charge is 2.13. The summed E-state index contributed by atoms with van der Waals surface area (Å²) in [6.07, 6.45) is 0. The molecule has 0 fully saturated rings. The van der Waals surface area contributed by atoms with Crippen molar-refractivity contribution in [2.24, 2.45) is 0 Å². The summed E-state index contributed by atoms with van der Waals surface area (Å²) in [5, 5.41) is 8.77. The summed E-state index contributed by atoms with van der Waals surface area (Å²) < 4.78 is 10.4. The Bertz CT molecular complexity index is 1170. The molecule has 0 aliphatic carbocycles. The molecule has 0 spiro atoms. The van der Waals surface area contributed by atoms with Gasteiger partial charge in [-0.05, 0) is 60.7 Å². The van der Waals surface area contributed by atoms with Gasteiger partial charge in [0.2, 0.25) is 0 Å². The number of carbonyl (C=O) groups excluding carboxylic acids is 2. The van der Waals surface area contributed by atoms with Crippen molar-refractivity contribution in [2.45, 2.75) is 0 Å². The van der Waals surface area contributed by atoms with Crippen molar-refractivity contribution in [3.63, 3.8) is 0 Å². The van der Waals surface area contributed by atoms with Crippen molar-refractivity contribution < 1.29 is 19.1 Å². The number of amides is 2. The molecule has 0 radical (unpaired) electrons. The molecule has 3 N–H and O–H groups in total. The zero-order valence-electron chi connectivity index (χ0n) is 17.3. The molecule has 0 aliphatic heterocycles. The SMILES string of the molecule is COc1ccc(C(=O)NC(=S)Nc2cccc(NC(=O)c3ccccc3Cl)c2)cc1OC. The molecule has 0 unspecified atom stereocenters. The lowest BCUT2D eigenvalue weighted by Gasteiger charge is -2.13. The summed E-state index contributed by atoms with van der Waals surface area (Å²) in [5.41, 5.74) is 1.84. The molecule has 164 valence electrons. The van der Waals surface area contributed by atoms with Crippen molar-refractivity contribution in [3.05, 3.63) is 82.9 Å². The first-order chi connectivity index (χ1) is 15.4. The number of anilines is 2. The minimum atomic E-state index is -0.411. The molecule has 0 saturated heterocycles. The van der Waals surface area contributed by atoms with Gasteiger partial charge in [0.15, 0.2) is 16.6 Å². The van der Waals surface area contributed by atoms with E-state index in [4.69, 9.17) is 33.3 Å². The molecule has 3 aromatic carbocycles. The lowest BCUT2D eigenvalue weighted by molar-refractivity contribution is 0.0976. The van der Waals surface area contributed by atoms with E-state index in [0.29, 0.717) is 39.0 Å². The van der Waals surface area contributed by atoms with E-state index in [1.54, 1.807) is 66.7 Å². The fourth-order valence-corrected chi connectivity index (χ4v) is 3.27. The molecule has 0 aliphatic rings. The third kappa shape index (κ3) is 5.75. The highest BCUT2D eigenvalue weighted by Crippen LogP contribution is 2.27. The largest absolute Gasteiger partial charge is 0.493 e. The number of methoxy groups -OCH3 is 2. The Labute approximate surface area is 195 Å². The average molecular weight is 470 g/mol. The summed E-state index contributed by atoms with van der Waals surface area (Å²) >= 11 is 11.3. The summed E-state index contributed by atoms with van der Waals surface area (Å²) in [6.45, 7) is 0. The van der Waals surface area contributed by atoms with Crippen LogP contribution < -0.4 is 25.4 Å². The van der Waals surface area contributed by atoms with Crippen LogP contribution in [0.25, 0.3) is 0 Å². The molecule has 9 heteroatoms. The number of hydrogen-bond donors (Lipinski definition) is 3. The number of ether oxygens (including phenoxy) is 2. The van der Waals surface area contributed by atoms with E-state index in [9.17, 15) is 9.59 Å². The van der Waals surface area contributed by atoms with Gasteiger partial charge in [0.1, 0.15) is 0 Å². The summed E-state index contributed by atoms with van der Waals surface area (Å²) in [6, 6.07) is 18.5. The van der Waals surface area contributed by atoms with Crippen molar-refractivity contribution in [1.82, 2.24) is 5.32 Å². The van der Waals surface area contributed by atoms with Crippen LogP contribution in [0.15, 0.2) is 66.7 Å². The van der Waals surface area contributed by atoms with E-state index in [1.807, 2.05) is 0 Å². The van der Waals surface area contributed by atoms with Gasteiger partial charge in [-0.3, -0.25) is 14.9 Å². The predicted octanol–water partition coefficient (Wildman–Crippen LogP) is 4.74. The molecule has 0 heterocycles. The average Bonchev–Trinajstić information content (AvgIpc) is 2.78. The first-order valence-corrected chi connectivity index (χ1v) is 10.2. The van der Waals surface area contributed by atoms with Crippen LogP contribution in [0.4, 0.5) is 11.4 Å². The molecule has 0 saturated carbocycles. The van der Waals surface area contributed by atoms with Gasteiger partial charge in [-0.1, -0.05) is 29.8 Å². The highest BCUT2D eigenvalue weighted by molar-refractivity contribution is 7.80. The normalized spacial score (nSPS) is 10.1. The Balaban J connectivity index is 1.64. The molecule has 3 aromatic rings. The van der Waals surface area contributed by atoms with Gasteiger partial charge in [-0.25, -0.2) is 0 Å². The van der Waals surface area contributed by atoms with Crippen LogP contribution >= 0.6 is 23.8 Å². The first-order valence-electron chi connectivity index (χ1n) is 9.41. The predicted molar refractivity (Wildman–Crippen MR) is 129 cm³/mol. The van der Waals surface area contributed by atoms with E-state index in [2.05, 4.69) is 16.0 Å². The van der Waals surface area contributed by atoms with Crippen LogP contribution in [0.5, 0.6) is 11.5 Å². The Hall–Kier alpha value is -3.62. The number of nitrogens with one attached hydrogen (secondary N) is 3. The lowest BCUT2D eigenvalue weighted by Crippen LogP contribution is -2.34. The number of carbonyl (C=O) groups is 2. The monoisotopic (exact) mass is 469 g/mol. The Morgan fingerprint density at radius 2 is 1.50 bits per heavy atom. The highest BCUT2D eigenvalue weighted by atomic mass is 35.5. The van der Waals surface area contributed by atoms with Crippen LogP contribution in [0.1, 0.15) is 20.7 Å². The standard InChI is InChI=1S/C23H20ClN3O4S/c1-30-19-11-10-14(12-20(19)31-2)21(28)27-23(32)26-16-7-5-6-15(13-16)25-22(29)17-8-3-4-9-18(17)24/h3-13H,1-2H3,(H,25,29)(H2,26,27,28,32). The smallest absolute Gasteiger partial charge is 0.257 e. The van der Waals surface area contributed by atoms with Crippen molar-refractivity contribution in [1.29, 1.82) is 0 Å².